The van der Waals surface area contributed by atoms with Gasteiger partial charge >= 0.3 is 6.18 Å². The first-order valence-corrected chi connectivity index (χ1v) is 7.08. The first kappa shape index (κ1) is 20.4. The zero-order valence-corrected chi connectivity index (χ0v) is 15.5. The Kier molecular flexibility index (Phi) is 7.93. The summed E-state index contributed by atoms with van der Waals surface area (Å²) in [5.41, 5.74) is -1.04. The van der Waals surface area contributed by atoms with Crippen LogP contribution in [0.15, 0.2) is 10.4 Å². The van der Waals surface area contributed by atoms with Crippen LogP contribution in [0, 0.1) is 0 Å². The van der Waals surface area contributed by atoms with E-state index in [2.05, 4.69) is 20.6 Å². The molecule has 1 aromatic rings. The summed E-state index contributed by atoms with van der Waals surface area (Å²) in [7, 11) is 0. The highest BCUT2D eigenvalue weighted by Crippen LogP contribution is 2.30. The molecule has 21 heavy (non-hydrogen) atoms. The van der Waals surface area contributed by atoms with Gasteiger partial charge in [-0.3, -0.25) is 0 Å². The SMILES string of the molecule is CCNC(=NCc1nc(C(F)(F)F)cs1)NC(C)(C)C.I. The molecule has 0 bridgehead atoms. The van der Waals surface area contributed by atoms with E-state index in [0.717, 1.165) is 16.7 Å². The second-order valence-corrected chi connectivity index (χ2v) is 6.14. The number of aliphatic imine (C=N–C) groups is 1. The molecule has 1 heterocycles. The van der Waals surface area contributed by atoms with Crippen LogP contribution in [-0.2, 0) is 12.7 Å². The summed E-state index contributed by atoms with van der Waals surface area (Å²) in [5, 5.41) is 7.54. The van der Waals surface area contributed by atoms with E-state index in [1.54, 1.807) is 0 Å². The standard InChI is InChI=1S/C12H19F3N4S.HI/c1-5-16-10(19-11(2,3)4)17-6-9-18-8(7-20-9)12(13,14)15;/h7H,5-6H2,1-4H3,(H2,16,17,19);1H. The normalized spacial score (nSPS) is 12.8. The van der Waals surface area contributed by atoms with Gasteiger partial charge in [0.05, 0.1) is 6.54 Å². The molecule has 0 unspecified atom stereocenters. The highest BCUT2D eigenvalue weighted by molar-refractivity contribution is 14.0. The zero-order chi connectivity index (χ0) is 15.4. The number of nitrogens with zero attached hydrogens (tertiary/aromatic N) is 2. The maximum absolute atomic E-state index is 12.4. The number of nitrogens with one attached hydrogen (secondary N) is 2. The molecule has 9 heteroatoms. The minimum absolute atomic E-state index is 0. The highest BCUT2D eigenvalue weighted by atomic mass is 127. The number of rotatable bonds is 3. The lowest BCUT2D eigenvalue weighted by Crippen LogP contribution is -2.47. The lowest BCUT2D eigenvalue weighted by molar-refractivity contribution is -0.140. The van der Waals surface area contributed by atoms with E-state index in [-0.39, 0.29) is 36.1 Å². The summed E-state index contributed by atoms with van der Waals surface area (Å²) in [4.78, 5) is 7.78. The fourth-order valence-corrected chi connectivity index (χ4v) is 2.05. The molecule has 0 aliphatic heterocycles. The maximum Gasteiger partial charge on any atom is 0.434 e. The van der Waals surface area contributed by atoms with Crippen molar-refractivity contribution in [1.29, 1.82) is 0 Å². The van der Waals surface area contributed by atoms with Crippen molar-refractivity contribution in [2.75, 3.05) is 6.54 Å². The molecule has 0 aliphatic carbocycles. The Morgan fingerprint density at radius 1 is 1.33 bits per heavy atom. The molecule has 0 saturated heterocycles. The topological polar surface area (TPSA) is 49.3 Å². The van der Waals surface area contributed by atoms with E-state index in [4.69, 9.17) is 0 Å². The van der Waals surface area contributed by atoms with Gasteiger partial charge in [0.15, 0.2) is 11.7 Å². The molecule has 0 radical (unpaired) electrons. The van der Waals surface area contributed by atoms with E-state index >= 15 is 0 Å². The molecule has 0 amide bonds. The first-order chi connectivity index (χ1) is 9.12. The molecule has 0 aromatic carbocycles. The number of thiazole rings is 1. The summed E-state index contributed by atoms with van der Waals surface area (Å²) in [6.45, 7) is 8.64. The maximum atomic E-state index is 12.4. The van der Waals surface area contributed by atoms with Crippen molar-refractivity contribution in [3.63, 3.8) is 0 Å². The van der Waals surface area contributed by atoms with E-state index in [0.29, 0.717) is 17.5 Å². The van der Waals surface area contributed by atoms with Crippen molar-refractivity contribution >= 4 is 41.3 Å². The Balaban J connectivity index is 0.00000400. The Labute approximate surface area is 143 Å². The Morgan fingerprint density at radius 3 is 2.38 bits per heavy atom. The van der Waals surface area contributed by atoms with Crippen molar-refractivity contribution in [2.24, 2.45) is 4.99 Å². The van der Waals surface area contributed by atoms with Crippen LogP contribution in [0.3, 0.4) is 0 Å². The molecular formula is C12H20F3IN4S. The first-order valence-electron chi connectivity index (χ1n) is 6.20. The average Bonchev–Trinajstić information content (AvgIpc) is 2.72. The Bertz CT molecular complexity index is 466. The molecular weight excluding hydrogens is 416 g/mol. The van der Waals surface area contributed by atoms with Gasteiger partial charge in [-0.05, 0) is 27.7 Å². The van der Waals surface area contributed by atoms with Crippen LogP contribution in [0.5, 0.6) is 0 Å². The Hall–Kier alpha value is -0.580. The van der Waals surface area contributed by atoms with Gasteiger partial charge < -0.3 is 10.6 Å². The van der Waals surface area contributed by atoms with Gasteiger partial charge in [0.25, 0.3) is 0 Å². The van der Waals surface area contributed by atoms with Crippen LogP contribution >= 0.6 is 35.3 Å². The van der Waals surface area contributed by atoms with Gasteiger partial charge in [-0.25, -0.2) is 9.98 Å². The van der Waals surface area contributed by atoms with Crippen molar-refractivity contribution < 1.29 is 13.2 Å². The lowest BCUT2D eigenvalue weighted by atomic mass is 10.1. The van der Waals surface area contributed by atoms with Crippen LogP contribution in [0.4, 0.5) is 13.2 Å². The van der Waals surface area contributed by atoms with Gasteiger partial charge in [0.1, 0.15) is 5.01 Å². The van der Waals surface area contributed by atoms with Crippen molar-refractivity contribution in [3.05, 3.63) is 16.1 Å². The number of aromatic nitrogens is 1. The van der Waals surface area contributed by atoms with Crippen molar-refractivity contribution in [1.82, 2.24) is 15.6 Å². The Morgan fingerprint density at radius 2 is 1.95 bits per heavy atom. The van der Waals surface area contributed by atoms with Crippen LogP contribution in [0.1, 0.15) is 38.4 Å². The van der Waals surface area contributed by atoms with Crippen LogP contribution in [0.25, 0.3) is 0 Å². The van der Waals surface area contributed by atoms with E-state index in [9.17, 15) is 13.2 Å². The predicted octanol–water partition coefficient (Wildman–Crippen LogP) is 3.63. The van der Waals surface area contributed by atoms with Gasteiger partial charge in [-0.15, -0.1) is 35.3 Å². The van der Waals surface area contributed by atoms with E-state index in [1.165, 1.54) is 0 Å². The lowest BCUT2D eigenvalue weighted by Gasteiger charge is -2.23. The zero-order valence-electron chi connectivity index (χ0n) is 12.3. The molecule has 0 spiro atoms. The molecule has 2 N–H and O–H groups in total. The van der Waals surface area contributed by atoms with Crippen molar-refractivity contribution in [2.45, 2.75) is 46.0 Å². The molecule has 0 aliphatic rings. The summed E-state index contributed by atoms with van der Waals surface area (Å²) in [6.07, 6.45) is -4.40. The van der Waals surface area contributed by atoms with Crippen LogP contribution in [0.2, 0.25) is 0 Å². The minimum atomic E-state index is -4.40. The van der Waals surface area contributed by atoms with E-state index < -0.39 is 11.9 Å². The second-order valence-electron chi connectivity index (χ2n) is 5.19. The number of guanidine groups is 1. The van der Waals surface area contributed by atoms with Gasteiger partial charge in [-0.1, -0.05) is 0 Å². The van der Waals surface area contributed by atoms with E-state index in [1.807, 2.05) is 27.7 Å². The smallest absolute Gasteiger partial charge is 0.357 e. The molecule has 1 rings (SSSR count). The fourth-order valence-electron chi connectivity index (χ4n) is 1.32. The monoisotopic (exact) mass is 436 g/mol. The van der Waals surface area contributed by atoms with Crippen molar-refractivity contribution in [3.8, 4) is 0 Å². The predicted molar refractivity (Wildman–Crippen MR) is 90.2 cm³/mol. The quantitative estimate of drug-likeness (QED) is 0.432. The fraction of sp³-hybridized carbons (Fsp3) is 0.667. The molecule has 4 nitrogen and oxygen atoms in total. The molecule has 0 saturated carbocycles. The van der Waals surface area contributed by atoms with Crippen LogP contribution < -0.4 is 10.6 Å². The summed E-state index contributed by atoms with van der Waals surface area (Å²) >= 11 is 0.961. The summed E-state index contributed by atoms with van der Waals surface area (Å²) < 4.78 is 37.3. The number of hydrogen-bond acceptors (Lipinski definition) is 3. The third-order valence-corrected chi connectivity index (χ3v) is 2.89. The number of halogens is 4. The van der Waals surface area contributed by atoms with Gasteiger partial charge in [0.2, 0.25) is 0 Å². The average molecular weight is 436 g/mol. The van der Waals surface area contributed by atoms with Gasteiger partial charge in [-0.2, -0.15) is 13.2 Å². The third-order valence-electron chi connectivity index (χ3n) is 2.05. The third kappa shape index (κ3) is 7.84. The molecule has 122 valence electrons. The summed E-state index contributed by atoms with van der Waals surface area (Å²) in [6, 6.07) is 0. The largest absolute Gasteiger partial charge is 0.434 e. The molecule has 0 atom stereocenters. The number of alkyl halides is 3. The van der Waals surface area contributed by atoms with Gasteiger partial charge in [0, 0.05) is 17.5 Å². The molecule has 0 fully saturated rings. The highest BCUT2D eigenvalue weighted by Gasteiger charge is 2.33. The van der Waals surface area contributed by atoms with Crippen LogP contribution in [-0.4, -0.2) is 23.0 Å². The summed E-state index contributed by atoms with van der Waals surface area (Å²) in [5.74, 6) is 0.559. The minimum Gasteiger partial charge on any atom is -0.357 e. The molecule has 1 aromatic heterocycles. The second kappa shape index (κ2) is 8.16. The number of hydrogen-bond donors (Lipinski definition) is 2.